The lowest BCUT2D eigenvalue weighted by atomic mass is 10.0. The summed E-state index contributed by atoms with van der Waals surface area (Å²) in [6, 6.07) is 7.22. The van der Waals surface area contributed by atoms with E-state index in [4.69, 9.17) is 9.47 Å². The molecule has 13 heteroatoms. The minimum atomic E-state index is -0.968. The van der Waals surface area contributed by atoms with Crippen LogP contribution in [0.2, 0.25) is 0 Å². The highest BCUT2D eigenvalue weighted by atomic mass is 19.1. The average molecular weight is 655 g/mol. The number of fused-ring (bicyclic) bond motifs is 1. The molecule has 0 saturated carbocycles. The predicted molar refractivity (Wildman–Crippen MR) is 174 cm³/mol. The number of anilines is 1. The van der Waals surface area contributed by atoms with Crippen LogP contribution in [0, 0.1) is 5.82 Å². The van der Waals surface area contributed by atoms with Gasteiger partial charge in [-0.2, -0.15) is 0 Å². The Morgan fingerprint density at radius 3 is 2.32 bits per heavy atom. The maximum Gasteiger partial charge on any atom is 0.407 e. The Balaban J connectivity index is 1.45. The van der Waals surface area contributed by atoms with Crippen LogP contribution >= 0.6 is 0 Å². The molecule has 12 nitrogen and oxygen atoms in total. The van der Waals surface area contributed by atoms with Crippen LogP contribution in [0.5, 0.6) is 5.88 Å². The number of hydrogen-bond acceptors (Lipinski definition) is 8. The summed E-state index contributed by atoms with van der Waals surface area (Å²) in [7, 11) is 0. The van der Waals surface area contributed by atoms with Crippen molar-refractivity contribution < 1.29 is 33.4 Å². The van der Waals surface area contributed by atoms with E-state index in [9.17, 15) is 23.9 Å². The number of aromatic nitrogens is 1. The maximum atomic E-state index is 14.3. The third kappa shape index (κ3) is 7.85. The first-order valence-corrected chi connectivity index (χ1v) is 16.4. The zero-order chi connectivity index (χ0) is 34.0. The third-order valence-corrected chi connectivity index (χ3v) is 9.23. The first kappa shape index (κ1) is 34.5. The van der Waals surface area contributed by atoms with E-state index in [1.807, 2.05) is 27.7 Å². The van der Waals surface area contributed by atoms with E-state index in [0.717, 1.165) is 5.56 Å². The molecule has 2 N–H and O–H groups in total. The molecule has 256 valence electrons. The van der Waals surface area contributed by atoms with Gasteiger partial charge in [0.25, 0.3) is 5.91 Å². The lowest BCUT2D eigenvalue weighted by Crippen LogP contribution is -2.65. The topological polar surface area (TPSA) is 128 Å². The van der Waals surface area contributed by atoms with Crippen LogP contribution in [-0.2, 0) is 16.0 Å². The van der Waals surface area contributed by atoms with Gasteiger partial charge < -0.3 is 29.7 Å². The number of morpholine rings is 1. The number of hydrogen-bond donors (Lipinski definition) is 2. The zero-order valence-corrected chi connectivity index (χ0v) is 28.1. The largest absolute Gasteiger partial charge is 0.474 e. The first-order valence-electron chi connectivity index (χ1n) is 16.4. The van der Waals surface area contributed by atoms with Crippen LogP contribution in [0.3, 0.4) is 0 Å². The van der Waals surface area contributed by atoms with Gasteiger partial charge in [-0.3, -0.25) is 19.4 Å². The van der Waals surface area contributed by atoms with Gasteiger partial charge in [0.05, 0.1) is 25.8 Å². The summed E-state index contributed by atoms with van der Waals surface area (Å²) in [5.74, 6) is -0.687. The summed E-state index contributed by atoms with van der Waals surface area (Å²) in [5, 5.41) is 12.8. The van der Waals surface area contributed by atoms with Crippen LogP contribution in [0.25, 0.3) is 0 Å². The average Bonchev–Trinajstić information content (AvgIpc) is 3.00. The van der Waals surface area contributed by atoms with E-state index in [0.29, 0.717) is 44.0 Å². The van der Waals surface area contributed by atoms with Crippen molar-refractivity contribution in [2.24, 2.45) is 0 Å². The molecule has 2 saturated heterocycles. The fraction of sp³-hybridized carbons (Fsp3) is 0.588. The van der Waals surface area contributed by atoms with Crippen LogP contribution < -0.4 is 15.0 Å². The molecule has 0 spiro atoms. The smallest absolute Gasteiger partial charge is 0.407 e. The summed E-state index contributed by atoms with van der Waals surface area (Å²) < 4.78 is 25.4. The molecule has 1 unspecified atom stereocenters. The van der Waals surface area contributed by atoms with Crippen molar-refractivity contribution in [1.82, 2.24) is 25.0 Å². The Labute approximate surface area is 275 Å². The van der Waals surface area contributed by atoms with Crippen LogP contribution in [0.1, 0.15) is 63.2 Å². The van der Waals surface area contributed by atoms with Crippen LogP contribution in [-0.4, -0.2) is 125 Å². The fourth-order valence-corrected chi connectivity index (χ4v) is 6.81. The molecular weight excluding hydrogens is 607 g/mol. The number of piperazine rings is 1. The molecule has 4 heterocycles. The van der Waals surface area contributed by atoms with Crippen molar-refractivity contribution >= 4 is 23.6 Å². The normalized spacial score (nSPS) is 25.3. The molecule has 2 fully saturated rings. The molecule has 1 aromatic heterocycles. The van der Waals surface area contributed by atoms with Gasteiger partial charge in [-0.05, 0) is 77.3 Å². The van der Waals surface area contributed by atoms with Gasteiger partial charge in [-0.25, -0.2) is 14.2 Å². The lowest BCUT2D eigenvalue weighted by Gasteiger charge is -2.48. The van der Waals surface area contributed by atoms with Crippen molar-refractivity contribution in [1.29, 1.82) is 0 Å². The third-order valence-electron chi connectivity index (χ3n) is 9.23. The number of carboxylic acid groups (broad SMARTS) is 1. The monoisotopic (exact) mass is 654 g/mol. The SMILES string of the molecule is CC(C)NC(=O)c1nc2c(cc1Cc1ccc(F)cc1)N(C(=O)CN1C[C@@H](C)N(C(=O)O)C[C@@H]1CN1[C@H](C)COC[C@H]1C)C(C)CO2. The van der Waals surface area contributed by atoms with Crippen molar-refractivity contribution in [3.05, 3.63) is 53.0 Å². The number of benzene rings is 1. The minimum Gasteiger partial charge on any atom is -0.474 e. The van der Waals surface area contributed by atoms with E-state index in [1.54, 1.807) is 23.1 Å². The van der Waals surface area contributed by atoms with Gasteiger partial charge in [0, 0.05) is 49.8 Å². The number of nitrogens with one attached hydrogen (secondary N) is 1. The highest BCUT2D eigenvalue weighted by molar-refractivity contribution is 5.99. The van der Waals surface area contributed by atoms with Crippen LogP contribution in [0.15, 0.2) is 30.3 Å². The number of pyridine rings is 1. The van der Waals surface area contributed by atoms with Crippen molar-refractivity contribution in [2.75, 3.05) is 50.9 Å². The summed E-state index contributed by atoms with van der Waals surface area (Å²) in [5.41, 5.74) is 2.03. The van der Waals surface area contributed by atoms with E-state index < -0.39 is 6.09 Å². The van der Waals surface area contributed by atoms with E-state index >= 15 is 0 Å². The van der Waals surface area contributed by atoms with E-state index in [2.05, 4.69) is 33.9 Å². The number of ether oxygens (including phenoxy) is 2. The molecular formula is C34H47FN6O6. The predicted octanol–water partition coefficient (Wildman–Crippen LogP) is 3.23. The molecule has 2 aromatic rings. The van der Waals surface area contributed by atoms with Gasteiger partial charge in [0.2, 0.25) is 11.8 Å². The Hall–Kier alpha value is -3.81. The van der Waals surface area contributed by atoms with Gasteiger partial charge in [-0.15, -0.1) is 0 Å². The van der Waals surface area contributed by atoms with Crippen molar-refractivity contribution in [3.8, 4) is 5.88 Å². The molecule has 0 aliphatic carbocycles. The number of carbonyl (C=O) groups is 3. The second kappa shape index (κ2) is 14.5. The molecule has 1 aromatic carbocycles. The summed E-state index contributed by atoms with van der Waals surface area (Å²) in [6.07, 6.45) is -0.672. The molecule has 0 radical (unpaired) electrons. The number of amides is 3. The first-order chi connectivity index (χ1) is 22.3. The standard InChI is InChI=1S/C34H47FN6O6/c1-20(2)36-32(43)31-26(11-25-7-9-27(35)10-8-25)12-29-33(37-31)47-19-24(6)41(29)30(42)16-38-13-21(3)40(34(44)45)15-28(38)14-39-22(4)17-46-18-23(39)5/h7-10,12,20-24,28H,11,13-19H2,1-6H3,(H,36,43)(H,44,45)/t21-,22-,23-,24?,28+/m1/s1. The molecule has 5 rings (SSSR count). The van der Waals surface area contributed by atoms with Crippen LogP contribution in [0.4, 0.5) is 14.9 Å². The quantitative estimate of drug-likeness (QED) is 0.441. The van der Waals surface area contributed by atoms with E-state index in [1.165, 1.54) is 17.0 Å². The maximum absolute atomic E-state index is 14.3. The summed E-state index contributed by atoms with van der Waals surface area (Å²) in [4.78, 5) is 51.9. The van der Waals surface area contributed by atoms with Crippen molar-refractivity contribution in [2.45, 2.75) is 84.2 Å². The van der Waals surface area contributed by atoms with Crippen molar-refractivity contribution in [3.63, 3.8) is 0 Å². The molecule has 3 amide bonds. The molecule has 5 atom stereocenters. The molecule has 0 bridgehead atoms. The van der Waals surface area contributed by atoms with E-state index in [-0.39, 0.29) is 85.2 Å². The van der Waals surface area contributed by atoms with Gasteiger partial charge in [-0.1, -0.05) is 12.1 Å². The molecule has 3 aliphatic rings. The molecule has 47 heavy (non-hydrogen) atoms. The fourth-order valence-electron chi connectivity index (χ4n) is 6.81. The van der Waals surface area contributed by atoms with Gasteiger partial charge in [0.15, 0.2) is 0 Å². The number of halogens is 1. The van der Waals surface area contributed by atoms with Gasteiger partial charge >= 0.3 is 6.09 Å². The Morgan fingerprint density at radius 1 is 1.00 bits per heavy atom. The minimum absolute atomic E-state index is 0.0717. The number of rotatable bonds is 8. The zero-order valence-electron chi connectivity index (χ0n) is 28.1. The lowest BCUT2D eigenvalue weighted by molar-refractivity contribution is -0.122. The number of nitrogens with zero attached hydrogens (tertiary/aromatic N) is 5. The highest BCUT2D eigenvalue weighted by Gasteiger charge is 2.40. The van der Waals surface area contributed by atoms with Gasteiger partial charge in [0.1, 0.15) is 23.8 Å². The highest BCUT2D eigenvalue weighted by Crippen LogP contribution is 2.35. The Bertz CT molecular complexity index is 1450. The second-order valence-corrected chi connectivity index (χ2v) is 13.5. The Kier molecular flexibility index (Phi) is 10.7. The second-order valence-electron chi connectivity index (χ2n) is 13.5. The Morgan fingerprint density at radius 2 is 1.68 bits per heavy atom. The summed E-state index contributed by atoms with van der Waals surface area (Å²) in [6.45, 7) is 14.4. The molecule has 3 aliphatic heterocycles. The summed E-state index contributed by atoms with van der Waals surface area (Å²) >= 11 is 0. The number of carbonyl (C=O) groups excluding carboxylic acids is 2.